The van der Waals surface area contributed by atoms with Gasteiger partial charge < -0.3 is 15.6 Å². The smallest absolute Gasteiger partial charge is 0.335 e. The standard InChI is InChI=1S/C15H27NO3/c1-4-5-6-7-8-13(17)15(2)9-11(12(16)10-15)14(18)19-3/h13,17H,4-10,16H2,1-3H3. The maximum absolute atomic E-state index is 11.6. The van der Waals surface area contributed by atoms with Gasteiger partial charge in [0.15, 0.2) is 0 Å². The third kappa shape index (κ3) is 3.96. The molecule has 0 aromatic carbocycles. The van der Waals surface area contributed by atoms with Crippen molar-refractivity contribution >= 4 is 5.97 Å². The van der Waals surface area contributed by atoms with Gasteiger partial charge in [0, 0.05) is 11.1 Å². The van der Waals surface area contributed by atoms with Crippen LogP contribution in [0.5, 0.6) is 0 Å². The van der Waals surface area contributed by atoms with Crippen LogP contribution in [0.3, 0.4) is 0 Å². The first-order valence-corrected chi connectivity index (χ1v) is 7.18. The van der Waals surface area contributed by atoms with Crippen LogP contribution in [0.15, 0.2) is 11.3 Å². The summed E-state index contributed by atoms with van der Waals surface area (Å²) in [6.07, 6.45) is 6.02. The highest BCUT2D eigenvalue weighted by atomic mass is 16.5. The molecule has 4 nitrogen and oxygen atoms in total. The predicted molar refractivity (Wildman–Crippen MR) is 75.3 cm³/mol. The summed E-state index contributed by atoms with van der Waals surface area (Å²) in [6, 6.07) is 0. The monoisotopic (exact) mass is 269 g/mol. The second-order valence-corrected chi connectivity index (χ2v) is 5.87. The summed E-state index contributed by atoms with van der Waals surface area (Å²) >= 11 is 0. The van der Waals surface area contributed by atoms with Crippen LogP contribution < -0.4 is 5.73 Å². The van der Waals surface area contributed by atoms with Crippen molar-refractivity contribution in [3.05, 3.63) is 11.3 Å². The van der Waals surface area contributed by atoms with Gasteiger partial charge in [-0.05, 0) is 19.3 Å². The molecule has 2 atom stereocenters. The highest BCUT2D eigenvalue weighted by molar-refractivity contribution is 5.90. The molecule has 3 N–H and O–H groups in total. The number of carbonyl (C=O) groups is 1. The van der Waals surface area contributed by atoms with E-state index in [0.29, 0.717) is 24.1 Å². The molecule has 1 rings (SSSR count). The average Bonchev–Trinajstić information content (AvgIpc) is 2.70. The Morgan fingerprint density at radius 1 is 1.42 bits per heavy atom. The van der Waals surface area contributed by atoms with Crippen LogP contribution in [-0.4, -0.2) is 24.3 Å². The molecule has 0 aliphatic heterocycles. The second kappa shape index (κ2) is 6.94. The molecule has 1 aliphatic carbocycles. The molecule has 0 saturated carbocycles. The Morgan fingerprint density at radius 2 is 2.11 bits per heavy atom. The first kappa shape index (κ1) is 16.0. The van der Waals surface area contributed by atoms with Crippen LogP contribution >= 0.6 is 0 Å². The van der Waals surface area contributed by atoms with E-state index in [2.05, 4.69) is 6.92 Å². The maximum atomic E-state index is 11.6. The summed E-state index contributed by atoms with van der Waals surface area (Å²) in [5.41, 5.74) is 6.70. The molecule has 4 heteroatoms. The van der Waals surface area contributed by atoms with Gasteiger partial charge in [-0.3, -0.25) is 0 Å². The van der Waals surface area contributed by atoms with E-state index in [0.717, 1.165) is 19.3 Å². The average molecular weight is 269 g/mol. The highest BCUT2D eigenvalue weighted by Gasteiger charge is 2.41. The minimum Gasteiger partial charge on any atom is -0.466 e. The number of methoxy groups -OCH3 is 1. The van der Waals surface area contributed by atoms with Gasteiger partial charge in [0.1, 0.15) is 0 Å². The Bertz CT molecular complexity index is 351. The van der Waals surface area contributed by atoms with Gasteiger partial charge >= 0.3 is 5.97 Å². The van der Waals surface area contributed by atoms with Crippen LogP contribution in [0, 0.1) is 5.41 Å². The van der Waals surface area contributed by atoms with Crippen molar-refractivity contribution in [1.29, 1.82) is 0 Å². The molecule has 0 fully saturated rings. The summed E-state index contributed by atoms with van der Waals surface area (Å²) in [5, 5.41) is 10.4. The Labute approximate surface area is 116 Å². The van der Waals surface area contributed by atoms with Crippen LogP contribution in [0.4, 0.5) is 0 Å². The molecule has 19 heavy (non-hydrogen) atoms. The zero-order chi connectivity index (χ0) is 14.5. The number of aliphatic hydroxyl groups excluding tert-OH is 1. The number of hydrogen-bond acceptors (Lipinski definition) is 4. The molecular weight excluding hydrogens is 242 g/mol. The topological polar surface area (TPSA) is 72.5 Å². The van der Waals surface area contributed by atoms with Crippen molar-refractivity contribution in [3.8, 4) is 0 Å². The molecule has 110 valence electrons. The number of nitrogens with two attached hydrogens (primary N) is 1. The molecule has 0 heterocycles. The molecule has 0 radical (unpaired) electrons. The zero-order valence-corrected chi connectivity index (χ0v) is 12.4. The fraction of sp³-hybridized carbons (Fsp3) is 0.800. The minimum absolute atomic E-state index is 0.320. The molecular formula is C15H27NO3. The second-order valence-electron chi connectivity index (χ2n) is 5.87. The summed E-state index contributed by atoms with van der Waals surface area (Å²) < 4.78 is 4.73. The van der Waals surface area contributed by atoms with Gasteiger partial charge in [0.05, 0.1) is 18.8 Å². The van der Waals surface area contributed by atoms with Crippen LogP contribution in [0.1, 0.15) is 58.8 Å². The molecule has 1 aliphatic rings. The molecule has 0 aromatic rings. The van der Waals surface area contributed by atoms with Crippen molar-refractivity contribution in [2.24, 2.45) is 11.1 Å². The van der Waals surface area contributed by atoms with Crippen LogP contribution in [0.25, 0.3) is 0 Å². The van der Waals surface area contributed by atoms with E-state index < -0.39 is 6.10 Å². The fourth-order valence-corrected chi connectivity index (χ4v) is 2.80. The normalized spacial score (nSPS) is 24.6. The van der Waals surface area contributed by atoms with E-state index in [9.17, 15) is 9.90 Å². The van der Waals surface area contributed by atoms with Gasteiger partial charge in [-0.1, -0.05) is 39.5 Å². The molecule has 0 saturated heterocycles. The van der Waals surface area contributed by atoms with Crippen LogP contribution in [0.2, 0.25) is 0 Å². The van der Waals surface area contributed by atoms with E-state index >= 15 is 0 Å². The van der Waals surface area contributed by atoms with Crippen molar-refractivity contribution in [3.63, 3.8) is 0 Å². The van der Waals surface area contributed by atoms with E-state index in [1.165, 1.54) is 20.0 Å². The lowest BCUT2D eigenvalue weighted by Gasteiger charge is -2.30. The van der Waals surface area contributed by atoms with E-state index in [4.69, 9.17) is 10.5 Å². The third-order valence-corrected chi connectivity index (χ3v) is 4.13. The molecule has 2 unspecified atom stereocenters. The van der Waals surface area contributed by atoms with Crippen LogP contribution in [-0.2, 0) is 9.53 Å². The number of carbonyl (C=O) groups excluding carboxylic acids is 1. The first-order chi connectivity index (χ1) is 8.94. The van der Waals surface area contributed by atoms with Crippen molar-refractivity contribution in [1.82, 2.24) is 0 Å². The van der Waals surface area contributed by atoms with Gasteiger partial charge in [0.2, 0.25) is 0 Å². The molecule has 0 amide bonds. The number of allylic oxidation sites excluding steroid dienone is 1. The highest BCUT2D eigenvalue weighted by Crippen LogP contribution is 2.44. The van der Waals surface area contributed by atoms with E-state index in [1.807, 2.05) is 6.92 Å². The number of ether oxygens (including phenoxy) is 1. The fourth-order valence-electron chi connectivity index (χ4n) is 2.80. The molecule has 0 spiro atoms. The Kier molecular flexibility index (Phi) is 5.85. The minimum atomic E-state index is -0.412. The predicted octanol–water partition coefficient (Wildman–Crippen LogP) is 2.50. The van der Waals surface area contributed by atoms with Gasteiger partial charge in [0.25, 0.3) is 0 Å². The Hall–Kier alpha value is -1.03. The third-order valence-electron chi connectivity index (χ3n) is 4.13. The summed E-state index contributed by atoms with van der Waals surface area (Å²) in [4.78, 5) is 11.6. The number of rotatable bonds is 7. The quantitative estimate of drug-likeness (QED) is 0.550. The summed E-state index contributed by atoms with van der Waals surface area (Å²) in [7, 11) is 1.36. The van der Waals surface area contributed by atoms with E-state index in [-0.39, 0.29) is 11.4 Å². The van der Waals surface area contributed by atoms with Gasteiger partial charge in [-0.2, -0.15) is 0 Å². The first-order valence-electron chi connectivity index (χ1n) is 7.18. The lowest BCUT2D eigenvalue weighted by molar-refractivity contribution is -0.136. The van der Waals surface area contributed by atoms with Crippen molar-refractivity contribution in [2.75, 3.05) is 7.11 Å². The van der Waals surface area contributed by atoms with Gasteiger partial charge in [-0.15, -0.1) is 0 Å². The summed E-state index contributed by atoms with van der Waals surface area (Å²) in [6.45, 7) is 4.17. The molecule has 0 bridgehead atoms. The number of aliphatic hydroxyl groups is 1. The summed E-state index contributed by atoms with van der Waals surface area (Å²) in [5.74, 6) is -0.362. The van der Waals surface area contributed by atoms with Crippen molar-refractivity contribution < 1.29 is 14.6 Å². The Morgan fingerprint density at radius 3 is 2.68 bits per heavy atom. The maximum Gasteiger partial charge on any atom is 0.335 e. The molecule has 0 aromatic heterocycles. The number of unbranched alkanes of at least 4 members (excludes halogenated alkanes) is 3. The zero-order valence-electron chi connectivity index (χ0n) is 12.4. The lowest BCUT2D eigenvalue weighted by Crippen LogP contribution is -2.31. The largest absolute Gasteiger partial charge is 0.466 e. The van der Waals surface area contributed by atoms with Crippen molar-refractivity contribution in [2.45, 2.75) is 64.9 Å². The Balaban J connectivity index is 2.53. The van der Waals surface area contributed by atoms with E-state index in [1.54, 1.807) is 0 Å². The SMILES string of the molecule is CCCCCCC(O)C1(C)CC(N)=C(C(=O)OC)C1. The number of esters is 1. The van der Waals surface area contributed by atoms with Gasteiger partial charge in [-0.25, -0.2) is 4.79 Å². The number of hydrogen-bond donors (Lipinski definition) is 2. The lowest BCUT2D eigenvalue weighted by atomic mass is 9.78.